The van der Waals surface area contributed by atoms with Crippen molar-refractivity contribution in [1.82, 2.24) is 0 Å². The SMILES string of the molecule is CCCCCC1=NC(CC)([N+](=O)[O-])CCS1. The average Bonchev–Trinajstić information content (AvgIpc) is 2.29. The molecule has 0 radical (unpaired) electrons. The van der Waals surface area contributed by atoms with Crippen molar-refractivity contribution in [2.45, 2.75) is 58.0 Å². The van der Waals surface area contributed by atoms with Gasteiger partial charge in [0.25, 0.3) is 0 Å². The molecule has 0 bridgehead atoms. The molecule has 4 nitrogen and oxygen atoms in total. The highest BCUT2D eigenvalue weighted by Gasteiger charge is 2.42. The Balaban J connectivity index is 2.67. The summed E-state index contributed by atoms with van der Waals surface area (Å²) in [6.45, 7) is 4.01. The number of unbranched alkanes of at least 4 members (excludes halogenated alkanes) is 2. The molecule has 1 unspecified atom stereocenters. The van der Waals surface area contributed by atoms with Crippen LogP contribution in [0.1, 0.15) is 52.4 Å². The monoisotopic (exact) mass is 244 g/mol. The van der Waals surface area contributed by atoms with Crippen LogP contribution in [0.25, 0.3) is 0 Å². The second kappa shape index (κ2) is 6.23. The zero-order chi connectivity index (χ0) is 12.0. The van der Waals surface area contributed by atoms with Crippen LogP contribution in [0.3, 0.4) is 0 Å². The lowest BCUT2D eigenvalue weighted by Crippen LogP contribution is -2.39. The third kappa shape index (κ3) is 3.20. The van der Waals surface area contributed by atoms with Crippen LogP contribution in [0.4, 0.5) is 0 Å². The summed E-state index contributed by atoms with van der Waals surface area (Å²) >= 11 is 1.69. The summed E-state index contributed by atoms with van der Waals surface area (Å²) in [5.74, 6) is 0.833. The van der Waals surface area contributed by atoms with Gasteiger partial charge in [0.05, 0.1) is 9.97 Å². The molecule has 1 aliphatic rings. The van der Waals surface area contributed by atoms with Crippen LogP contribution in [-0.2, 0) is 0 Å². The maximum atomic E-state index is 11.1. The van der Waals surface area contributed by atoms with E-state index in [0.717, 1.165) is 23.6 Å². The van der Waals surface area contributed by atoms with Crippen LogP contribution in [-0.4, -0.2) is 21.4 Å². The second-order valence-electron chi connectivity index (χ2n) is 4.15. The fourth-order valence-electron chi connectivity index (χ4n) is 1.82. The lowest BCUT2D eigenvalue weighted by molar-refractivity contribution is -0.569. The van der Waals surface area contributed by atoms with E-state index in [1.165, 1.54) is 12.8 Å². The number of hydrogen-bond acceptors (Lipinski definition) is 4. The van der Waals surface area contributed by atoms with Crippen LogP contribution in [0.15, 0.2) is 4.99 Å². The standard InChI is InChI=1S/C11H20N2O2S/c1-3-5-6-7-10-12-11(4-2,13(14)15)8-9-16-10/h3-9H2,1-2H3. The van der Waals surface area contributed by atoms with Gasteiger partial charge in [-0.15, -0.1) is 11.8 Å². The van der Waals surface area contributed by atoms with E-state index in [2.05, 4.69) is 11.9 Å². The van der Waals surface area contributed by atoms with Crippen molar-refractivity contribution >= 4 is 16.8 Å². The first-order chi connectivity index (χ1) is 7.64. The Bertz CT molecular complexity index is 281. The molecule has 0 amide bonds. The van der Waals surface area contributed by atoms with Gasteiger partial charge in [-0.2, -0.15) is 0 Å². The highest BCUT2D eigenvalue weighted by Crippen LogP contribution is 2.31. The van der Waals surface area contributed by atoms with Crippen molar-refractivity contribution in [1.29, 1.82) is 0 Å². The maximum absolute atomic E-state index is 11.1. The number of hydrogen-bond donors (Lipinski definition) is 0. The molecule has 1 aliphatic heterocycles. The minimum absolute atomic E-state index is 0.202. The molecule has 0 N–H and O–H groups in total. The topological polar surface area (TPSA) is 55.5 Å². The van der Waals surface area contributed by atoms with Crippen LogP contribution >= 0.6 is 11.8 Å². The van der Waals surface area contributed by atoms with E-state index in [0.29, 0.717) is 12.8 Å². The van der Waals surface area contributed by atoms with Gasteiger partial charge in [0, 0.05) is 18.6 Å². The highest BCUT2D eigenvalue weighted by molar-refractivity contribution is 8.14. The van der Waals surface area contributed by atoms with Crippen molar-refractivity contribution < 1.29 is 4.92 Å². The number of aliphatic imine (C=N–C) groups is 1. The number of nitro groups is 1. The highest BCUT2D eigenvalue weighted by atomic mass is 32.2. The van der Waals surface area contributed by atoms with Crippen LogP contribution in [0.5, 0.6) is 0 Å². The first kappa shape index (κ1) is 13.5. The van der Waals surface area contributed by atoms with Gasteiger partial charge >= 0.3 is 5.66 Å². The molecule has 0 saturated heterocycles. The molecule has 1 atom stereocenters. The number of thioether (sulfide) groups is 1. The van der Waals surface area contributed by atoms with Crippen LogP contribution in [0.2, 0.25) is 0 Å². The van der Waals surface area contributed by atoms with E-state index in [-0.39, 0.29) is 4.92 Å². The van der Waals surface area contributed by atoms with Crippen molar-refractivity contribution in [3.8, 4) is 0 Å². The fraction of sp³-hybridized carbons (Fsp3) is 0.909. The molecule has 0 spiro atoms. The van der Waals surface area contributed by atoms with Gasteiger partial charge in [-0.1, -0.05) is 26.7 Å². The molecular weight excluding hydrogens is 224 g/mol. The van der Waals surface area contributed by atoms with Crippen molar-refractivity contribution in [3.05, 3.63) is 10.1 Å². The smallest absolute Gasteiger partial charge is 0.262 e. The summed E-state index contributed by atoms with van der Waals surface area (Å²) < 4.78 is 0. The summed E-state index contributed by atoms with van der Waals surface area (Å²) in [6.07, 6.45) is 5.42. The number of nitrogens with zero attached hydrogens (tertiary/aromatic N) is 2. The Morgan fingerprint density at radius 1 is 1.50 bits per heavy atom. The zero-order valence-electron chi connectivity index (χ0n) is 10.1. The predicted octanol–water partition coefficient (Wildman–Crippen LogP) is 3.49. The van der Waals surface area contributed by atoms with Crippen molar-refractivity contribution in [2.75, 3.05) is 5.75 Å². The third-order valence-electron chi connectivity index (χ3n) is 3.00. The first-order valence-corrected chi connectivity index (χ1v) is 6.99. The molecule has 0 aromatic carbocycles. The molecule has 0 saturated carbocycles. The zero-order valence-corrected chi connectivity index (χ0v) is 10.9. The Labute approximate surface area is 101 Å². The van der Waals surface area contributed by atoms with Gasteiger partial charge in [-0.25, -0.2) is 4.99 Å². The second-order valence-corrected chi connectivity index (χ2v) is 5.32. The maximum Gasteiger partial charge on any atom is 0.313 e. The normalized spacial score (nSPS) is 25.2. The van der Waals surface area contributed by atoms with Gasteiger partial charge in [0.2, 0.25) is 0 Å². The van der Waals surface area contributed by atoms with E-state index in [4.69, 9.17) is 0 Å². The van der Waals surface area contributed by atoms with E-state index in [1.54, 1.807) is 11.8 Å². The summed E-state index contributed by atoms with van der Waals surface area (Å²) in [5.41, 5.74) is -1.02. The van der Waals surface area contributed by atoms with E-state index < -0.39 is 5.66 Å². The molecular formula is C11H20N2O2S. The van der Waals surface area contributed by atoms with Gasteiger partial charge < -0.3 is 0 Å². The molecule has 0 aliphatic carbocycles. The minimum atomic E-state index is -1.02. The summed E-state index contributed by atoms with van der Waals surface area (Å²) in [4.78, 5) is 15.3. The molecule has 0 aromatic rings. The Kier molecular flexibility index (Phi) is 5.25. The van der Waals surface area contributed by atoms with E-state index >= 15 is 0 Å². The van der Waals surface area contributed by atoms with E-state index in [1.807, 2.05) is 6.92 Å². The minimum Gasteiger partial charge on any atom is -0.262 e. The molecule has 1 heterocycles. The lowest BCUT2D eigenvalue weighted by Gasteiger charge is -2.25. The molecule has 0 fully saturated rings. The lowest BCUT2D eigenvalue weighted by atomic mass is 10.1. The van der Waals surface area contributed by atoms with Gasteiger partial charge in [-0.3, -0.25) is 10.1 Å². The number of rotatable bonds is 6. The molecule has 1 rings (SSSR count). The predicted molar refractivity (Wildman–Crippen MR) is 68.7 cm³/mol. The fourth-order valence-corrected chi connectivity index (χ4v) is 3.01. The molecule has 92 valence electrons. The van der Waals surface area contributed by atoms with Gasteiger partial charge in [-0.05, 0) is 12.8 Å². The Morgan fingerprint density at radius 3 is 2.81 bits per heavy atom. The quantitative estimate of drug-likeness (QED) is 0.408. The Hall–Kier alpha value is -0.580. The van der Waals surface area contributed by atoms with E-state index in [9.17, 15) is 10.1 Å². The molecule has 5 heteroatoms. The van der Waals surface area contributed by atoms with Gasteiger partial charge in [0.15, 0.2) is 0 Å². The summed E-state index contributed by atoms with van der Waals surface area (Å²) in [5, 5.41) is 12.1. The first-order valence-electron chi connectivity index (χ1n) is 6.00. The van der Waals surface area contributed by atoms with Crippen LogP contribution < -0.4 is 0 Å². The largest absolute Gasteiger partial charge is 0.313 e. The van der Waals surface area contributed by atoms with Crippen molar-refractivity contribution in [2.24, 2.45) is 4.99 Å². The Morgan fingerprint density at radius 2 is 2.25 bits per heavy atom. The van der Waals surface area contributed by atoms with Crippen molar-refractivity contribution in [3.63, 3.8) is 0 Å². The molecule has 0 aromatic heterocycles. The van der Waals surface area contributed by atoms with Crippen LogP contribution in [0, 0.1) is 10.1 Å². The average molecular weight is 244 g/mol. The third-order valence-corrected chi connectivity index (χ3v) is 4.04. The molecule has 16 heavy (non-hydrogen) atoms. The van der Waals surface area contributed by atoms with Gasteiger partial charge in [0.1, 0.15) is 0 Å². The summed E-state index contributed by atoms with van der Waals surface area (Å²) in [6, 6.07) is 0. The summed E-state index contributed by atoms with van der Waals surface area (Å²) in [7, 11) is 0.